The fourth-order valence-electron chi connectivity index (χ4n) is 1.64. The third-order valence-electron chi connectivity index (χ3n) is 2.42. The van der Waals surface area contributed by atoms with E-state index < -0.39 is 0 Å². The summed E-state index contributed by atoms with van der Waals surface area (Å²) in [6.45, 7) is 0. The summed E-state index contributed by atoms with van der Waals surface area (Å²) in [7, 11) is 0. The number of halogens is 1. The largest absolute Gasteiger partial charge is 0.296 e. The minimum Gasteiger partial charge on any atom is -0.296 e. The standard InChI is InChI=1S/C11H7ClN4O/c12-8-1-3-15-10(5-8)13-6-11(15)16-4-2-9(7-17)14-16/h1-7H. The molecule has 3 rings (SSSR count). The molecule has 0 atom stereocenters. The zero-order valence-corrected chi connectivity index (χ0v) is 9.37. The number of aromatic nitrogens is 4. The van der Waals surface area contributed by atoms with Crippen LogP contribution in [0.4, 0.5) is 0 Å². The highest BCUT2D eigenvalue weighted by atomic mass is 35.5. The van der Waals surface area contributed by atoms with Gasteiger partial charge in [-0.1, -0.05) is 11.6 Å². The molecule has 3 aromatic rings. The van der Waals surface area contributed by atoms with Crippen molar-refractivity contribution in [2.24, 2.45) is 0 Å². The summed E-state index contributed by atoms with van der Waals surface area (Å²) in [6, 6.07) is 5.17. The summed E-state index contributed by atoms with van der Waals surface area (Å²) in [4.78, 5) is 14.8. The highest BCUT2D eigenvalue weighted by Gasteiger charge is 2.07. The summed E-state index contributed by atoms with van der Waals surface area (Å²) in [6.07, 6.45) is 5.90. The highest BCUT2D eigenvalue weighted by molar-refractivity contribution is 6.30. The first-order valence-corrected chi connectivity index (χ1v) is 5.29. The van der Waals surface area contributed by atoms with E-state index in [0.717, 1.165) is 11.5 Å². The predicted molar refractivity (Wildman–Crippen MR) is 62.7 cm³/mol. The first-order valence-electron chi connectivity index (χ1n) is 4.92. The van der Waals surface area contributed by atoms with Crippen LogP contribution in [0.3, 0.4) is 0 Å². The maximum atomic E-state index is 10.6. The highest BCUT2D eigenvalue weighted by Crippen LogP contribution is 2.15. The summed E-state index contributed by atoms with van der Waals surface area (Å²) in [5.74, 6) is 0.754. The van der Waals surface area contributed by atoms with Crippen molar-refractivity contribution in [3.05, 3.63) is 47.5 Å². The van der Waals surface area contributed by atoms with Crippen molar-refractivity contribution in [1.29, 1.82) is 0 Å². The number of hydrogen-bond acceptors (Lipinski definition) is 3. The molecule has 0 unspecified atom stereocenters. The lowest BCUT2D eigenvalue weighted by atomic mass is 10.5. The average Bonchev–Trinajstić information content (AvgIpc) is 2.93. The van der Waals surface area contributed by atoms with Gasteiger partial charge in [0.15, 0.2) is 12.1 Å². The molecule has 0 spiro atoms. The van der Waals surface area contributed by atoms with Gasteiger partial charge < -0.3 is 0 Å². The first kappa shape index (κ1) is 10.0. The predicted octanol–water partition coefficient (Wildman–Crippen LogP) is 1.99. The molecule has 0 saturated heterocycles. The van der Waals surface area contributed by atoms with Crippen LogP contribution in [0.2, 0.25) is 5.02 Å². The van der Waals surface area contributed by atoms with Crippen molar-refractivity contribution < 1.29 is 4.79 Å². The van der Waals surface area contributed by atoms with Crippen molar-refractivity contribution in [3.8, 4) is 5.82 Å². The molecule has 0 aliphatic carbocycles. The fraction of sp³-hybridized carbons (Fsp3) is 0. The van der Waals surface area contributed by atoms with E-state index in [2.05, 4.69) is 10.1 Å². The van der Waals surface area contributed by atoms with Crippen molar-refractivity contribution in [3.63, 3.8) is 0 Å². The maximum absolute atomic E-state index is 10.6. The van der Waals surface area contributed by atoms with Gasteiger partial charge in [0, 0.05) is 23.5 Å². The van der Waals surface area contributed by atoms with E-state index >= 15 is 0 Å². The Balaban J connectivity index is 2.20. The summed E-state index contributed by atoms with van der Waals surface area (Å²) in [5, 5.41) is 4.73. The van der Waals surface area contributed by atoms with E-state index in [-0.39, 0.29) is 0 Å². The molecule has 0 fully saturated rings. The van der Waals surface area contributed by atoms with Crippen LogP contribution in [-0.2, 0) is 0 Å². The van der Waals surface area contributed by atoms with Crippen molar-refractivity contribution in [2.75, 3.05) is 0 Å². The van der Waals surface area contributed by atoms with Crippen molar-refractivity contribution >= 4 is 23.5 Å². The quantitative estimate of drug-likeness (QED) is 0.650. The van der Waals surface area contributed by atoms with Crippen LogP contribution in [0.25, 0.3) is 11.5 Å². The number of rotatable bonds is 2. The molecule has 0 saturated carbocycles. The van der Waals surface area contributed by atoms with E-state index in [4.69, 9.17) is 11.6 Å². The summed E-state index contributed by atoms with van der Waals surface area (Å²) >= 11 is 5.88. The second-order valence-corrected chi connectivity index (χ2v) is 3.93. The molecule has 84 valence electrons. The number of nitrogens with zero attached hydrogens (tertiary/aromatic N) is 4. The van der Waals surface area contributed by atoms with E-state index in [1.165, 1.54) is 0 Å². The Morgan fingerprint density at radius 1 is 1.29 bits per heavy atom. The Morgan fingerprint density at radius 2 is 2.18 bits per heavy atom. The van der Waals surface area contributed by atoms with E-state index in [9.17, 15) is 4.79 Å². The lowest BCUT2D eigenvalue weighted by Gasteiger charge is -2.00. The number of imidazole rings is 1. The van der Waals surface area contributed by atoms with Gasteiger partial charge in [-0.05, 0) is 12.1 Å². The van der Waals surface area contributed by atoms with E-state index in [1.54, 1.807) is 35.3 Å². The van der Waals surface area contributed by atoms with Crippen LogP contribution in [-0.4, -0.2) is 25.5 Å². The Hall–Kier alpha value is -2.14. The van der Waals surface area contributed by atoms with Gasteiger partial charge in [-0.3, -0.25) is 9.20 Å². The second-order valence-electron chi connectivity index (χ2n) is 3.49. The Labute approximate surface area is 101 Å². The van der Waals surface area contributed by atoms with E-state index in [1.807, 2.05) is 10.6 Å². The molecule has 0 radical (unpaired) electrons. The van der Waals surface area contributed by atoms with Gasteiger partial charge in [-0.15, -0.1) is 0 Å². The number of carbonyl (C=O) groups is 1. The second kappa shape index (κ2) is 3.71. The van der Waals surface area contributed by atoms with Gasteiger partial charge in [-0.25, -0.2) is 9.67 Å². The van der Waals surface area contributed by atoms with E-state index in [0.29, 0.717) is 17.0 Å². The third kappa shape index (κ3) is 1.60. The molecule has 6 heteroatoms. The molecule has 0 aliphatic heterocycles. The Bertz CT molecular complexity index is 700. The minimum atomic E-state index is 0.383. The molecule has 5 nitrogen and oxygen atoms in total. The lowest BCUT2D eigenvalue weighted by Crippen LogP contribution is -2.00. The van der Waals surface area contributed by atoms with Gasteiger partial charge in [-0.2, -0.15) is 5.10 Å². The average molecular weight is 247 g/mol. The third-order valence-corrected chi connectivity index (χ3v) is 2.66. The summed E-state index contributed by atoms with van der Waals surface area (Å²) in [5.41, 5.74) is 1.12. The molecular weight excluding hydrogens is 240 g/mol. The molecule has 0 aromatic carbocycles. The SMILES string of the molecule is O=Cc1ccn(-c2cnc3cc(Cl)ccn23)n1. The normalized spacial score (nSPS) is 10.9. The number of pyridine rings is 1. The van der Waals surface area contributed by atoms with Crippen LogP contribution in [0.1, 0.15) is 10.5 Å². The number of hydrogen-bond donors (Lipinski definition) is 0. The molecule has 0 amide bonds. The smallest absolute Gasteiger partial charge is 0.170 e. The van der Waals surface area contributed by atoms with Crippen molar-refractivity contribution in [1.82, 2.24) is 19.2 Å². The van der Waals surface area contributed by atoms with Crippen LogP contribution in [0.5, 0.6) is 0 Å². The maximum Gasteiger partial charge on any atom is 0.170 e. The molecule has 0 bridgehead atoms. The molecule has 3 heterocycles. The molecule has 3 aromatic heterocycles. The first-order chi connectivity index (χ1) is 8.28. The van der Waals surface area contributed by atoms with Gasteiger partial charge >= 0.3 is 0 Å². The van der Waals surface area contributed by atoms with Crippen LogP contribution >= 0.6 is 11.6 Å². The monoisotopic (exact) mass is 246 g/mol. The lowest BCUT2D eigenvalue weighted by molar-refractivity contribution is 0.111. The molecule has 0 N–H and O–H groups in total. The Morgan fingerprint density at radius 3 is 2.94 bits per heavy atom. The van der Waals surface area contributed by atoms with Crippen molar-refractivity contribution in [2.45, 2.75) is 0 Å². The molecule has 0 aliphatic rings. The number of carbonyl (C=O) groups excluding carboxylic acids is 1. The van der Waals surface area contributed by atoms with Gasteiger partial charge in [0.25, 0.3) is 0 Å². The zero-order valence-electron chi connectivity index (χ0n) is 8.62. The van der Waals surface area contributed by atoms with Crippen LogP contribution in [0, 0.1) is 0 Å². The van der Waals surface area contributed by atoms with Gasteiger partial charge in [0.1, 0.15) is 11.3 Å². The zero-order chi connectivity index (χ0) is 11.8. The number of aldehydes is 1. The minimum absolute atomic E-state index is 0.383. The van der Waals surface area contributed by atoms with Gasteiger partial charge in [0.2, 0.25) is 0 Å². The van der Waals surface area contributed by atoms with Crippen LogP contribution in [0.15, 0.2) is 36.8 Å². The Kier molecular flexibility index (Phi) is 2.19. The number of fused-ring (bicyclic) bond motifs is 1. The molecule has 17 heavy (non-hydrogen) atoms. The van der Waals surface area contributed by atoms with Gasteiger partial charge in [0.05, 0.1) is 6.20 Å². The fourth-order valence-corrected chi connectivity index (χ4v) is 1.79. The van der Waals surface area contributed by atoms with Crippen LogP contribution < -0.4 is 0 Å². The molecular formula is C11H7ClN4O. The summed E-state index contributed by atoms with van der Waals surface area (Å²) < 4.78 is 3.44. The topological polar surface area (TPSA) is 52.2 Å².